The van der Waals surface area contributed by atoms with Crippen LogP contribution < -0.4 is 0 Å². The maximum absolute atomic E-state index is 2.48. The first-order valence-corrected chi connectivity index (χ1v) is 9.30. The number of hydrogen-bond donors (Lipinski definition) is 0. The molecule has 0 heteroatoms. The zero-order valence-electron chi connectivity index (χ0n) is 15.0. The molecule has 2 aromatic rings. The van der Waals surface area contributed by atoms with Gasteiger partial charge in [-0.05, 0) is 58.7 Å². The third kappa shape index (κ3) is 3.91. The fraction of sp³-hybridized carbons (Fsp3) is 0.545. The number of fused-ring (bicyclic) bond motifs is 1. The van der Waals surface area contributed by atoms with E-state index in [-0.39, 0.29) is 0 Å². The molecule has 0 aliphatic carbocycles. The van der Waals surface area contributed by atoms with Crippen molar-refractivity contribution in [2.75, 3.05) is 0 Å². The van der Waals surface area contributed by atoms with Crippen LogP contribution in [-0.2, 0) is 25.7 Å². The molecule has 0 saturated carbocycles. The first-order valence-electron chi connectivity index (χ1n) is 9.30. The van der Waals surface area contributed by atoms with E-state index in [4.69, 9.17) is 0 Å². The van der Waals surface area contributed by atoms with Gasteiger partial charge in [-0.3, -0.25) is 0 Å². The lowest BCUT2D eigenvalue weighted by Gasteiger charge is -2.16. The van der Waals surface area contributed by atoms with Crippen molar-refractivity contribution in [3.63, 3.8) is 0 Å². The minimum Gasteiger partial charge on any atom is -0.0651 e. The fourth-order valence-corrected chi connectivity index (χ4v) is 3.64. The summed E-state index contributed by atoms with van der Waals surface area (Å²) in [5.74, 6) is 0. The number of aryl methyl sites for hydroxylation is 4. The SMILES string of the molecule is CCCc1cc(CCC)c2c(CCC)cc(CCC)cc2c1. The normalized spacial score (nSPS) is 11.3. The van der Waals surface area contributed by atoms with Gasteiger partial charge in [0.2, 0.25) is 0 Å². The highest BCUT2D eigenvalue weighted by atomic mass is 14.1. The summed E-state index contributed by atoms with van der Waals surface area (Å²) in [6.07, 6.45) is 9.73. The summed E-state index contributed by atoms with van der Waals surface area (Å²) in [5, 5.41) is 3.05. The lowest BCUT2D eigenvalue weighted by Crippen LogP contribution is -1.98. The Kier molecular flexibility index (Phi) is 6.49. The molecule has 0 heterocycles. The van der Waals surface area contributed by atoms with E-state index in [0.717, 1.165) is 0 Å². The predicted molar refractivity (Wildman–Crippen MR) is 99.9 cm³/mol. The highest BCUT2D eigenvalue weighted by molar-refractivity contribution is 5.90. The summed E-state index contributed by atoms with van der Waals surface area (Å²) in [6, 6.07) is 9.87. The molecular formula is C22H32. The summed E-state index contributed by atoms with van der Waals surface area (Å²) in [6.45, 7) is 9.14. The molecule has 0 amide bonds. The molecule has 0 atom stereocenters. The molecule has 0 aromatic heterocycles. The van der Waals surface area contributed by atoms with E-state index in [0.29, 0.717) is 0 Å². The highest BCUT2D eigenvalue weighted by Crippen LogP contribution is 2.29. The van der Waals surface area contributed by atoms with E-state index in [1.807, 2.05) is 0 Å². The molecule has 0 unspecified atom stereocenters. The standard InChI is InChI=1S/C22H32/c1-5-9-17-13-19(11-7-3)22-20(12-8-4)14-18(10-6-2)16-21(22)15-17/h13-16H,5-12H2,1-4H3. The Morgan fingerprint density at radius 2 is 0.955 bits per heavy atom. The molecule has 2 aromatic carbocycles. The van der Waals surface area contributed by atoms with Crippen LogP contribution in [0.4, 0.5) is 0 Å². The Balaban J connectivity index is 2.65. The molecule has 0 aliphatic heterocycles. The second-order valence-corrected chi connectivity index (χ2v) is 6.61. The van der Waals surface area contributed by atoms with Gasteiger partial charge in [0.1, 0.15) is 0 Å². The molecule has 0 saturated heterocycles. The molecule has 0 radical (unpaired) electrons. The summed E-state index contributed by atoms with van der Waals surface area (Å²) in [4.78, 5) is 0. The number of hydrogen-bond acceptors (Lipinski definition) is 0. The van der Waals surface area contributed by atoms with Gasteiger partial charge in [0.15, 0.2) is 0 Å². The molecule has 120 valence electrons. The molecular weight excluding hydrogens is 264 g/mol. The van der Waals surface area contributed by atoms with Crippen LogP contribution in [-0.4, -0.2) is 0 Å². The van der Waals surface area contributed by atoms with Crippen molar-refractivity contribution in [3.8, 4) is 0 Å². The summed E-state index contributed by atoms with van der Waals surface area (Å²) < 4.78 is 0. The van der Waals surface area contributed by atoms with Crippen LogP contribution in [0, 0.1) is 0 Å². The molecule has 0 aliphatic rings. The van der Waals surface area contributed by atoms with Crippen LogP contribution >= 0.6 is 0 Å². The van der Waals surface area contributed by atoms with Crippen LogP contribution in [0.5, 0.6) is 0 Å². The maximum atomic E-state index is 2.48. The van der Waals surface area contributed by atoms with Crippen molar-refractivity contribution < 1.29 is 0 Å². The second kappa shape index (κ2) is 8.36. The maximum Gasteiger partial charge on any atom is -0.0119 e. The van der Waals surface area contributed by atoms with Gasteiger partial charge < -0.3 is 0 Å². The van der Waals surface area contributed by atoms with Gasteiger partial charge in [-0.1, -0.05) is 77.6 Å². The van der Waals surface area contributed by atoms with Crippen molar-refractivity contribution in [2.24, 2.45) is 0 Å². The molecule has 2 rings (SSSR count). The lowest BCUT2D eigenvalue weighted by atomic mass is 9.89. The van der Waals surface area contributed by atoms with E-state index in [1.165, 1.54) is 67.9 Å². The molecule has 0 nitrogen and oxygen atoms in total. The van der Waals surface area contributed by atoms with Gasteiger partial charge in [0.05, 0.1) is 0 Å². The largest absolute Gasteiger partial charge is 0.0651 e. The van der Waals surface area contributed by atoms with Crippen LogP contribution in [0.2, 0.25) is 0 Å². The fourth-order valence-electron chi connectivity index (χ4n) is 3.64. The summed E-state index contributed by atoms with van der Waals surface area (Å²) >= 11 is 0. The summed E-state index contributed by atoms with van der Waals surface area (Å²) in [5.41, 5.74) is 6.20. The lowest BCUT2D eigenvalue weighted by molar-refractivity contribution is 0.888. The molecule has 0 spiro atoms. The number of benzene rings is 2. The second-order valence-electron chi connectivity index (χ2n) is 6.61. The Morgan fingerprint density at radius 3 is 1.32 bits per heavy atom. The third-order valence-corrected chi connectivity index (χ3v) is 4.45. The Labute approximate surface area is 136 Å². The molecule has 0 N–H and O–H groups in total. The van der Waals surface area contributed by atoms with Gasteiger partial charge >= 0.3 is 0 Å². The minimum atomic E-state index is 1.20. The third-order valence-electron chi connectivity index (χ3n) is 4.45. The van der Waals surface area contributed by atoms with Gasteiger partial charge in [-0.25, -0.2) is 0 Å². The smallest absolute Gasteiger partial charge is 0.0119 e. The van der Waals surface area contributed by atoms with Crippen molar-refractivity contribution in [3.05, 3.63) is 46.5 Å². The monoisotopic (exact) mass is 296 g/mol. The predicted octanol–water partition coefficient (Wildman–Crippen LogP) is 6.65. The molecule has 22 heavy (non-hydrogen) atoms. The first-order chi connectivity index (χ1) is 10.7. The van der Waals surface area contributed by atoms with E-state index >= 15 is 0 Å². The van der Waals surface area contributed by atoms with Crippen molar-refractivity contribution in [2.45, 2.75) is 79.1 Å². The Hall–Kier alpha value is -1.30. The molecule has 0 fully saturated rings. The first kappa shape index (κ1) is 17.1. The average molecular weight is 296 g/mol. The van der Waals surface area contributed by atoms with E-state index in [2.05, 4.69) is 52.0 Å². The zero-order valence-corrected chi connectivity index (χ0v) is 15.0. The zero-order chi connectivity index (χ0) is 15.9. The highest BCUT2D eigenvalue weighted by Gasteiger charge is 2.10. The van der Waals surface area contributed by atoms with Crippen LogP contribution in [0.3, 0.4) is 0 Å². The van der Waals surface area contributed by atoms with Crippen molar-refractivity contribution >= 4 is 10.8 Å². The topological polar surface area (TPSA) is 0 Å². The van der Waals surface area contributed by atoms with E-state index in [1.54, 1.807) is 16.5 Å². The van der Waals surface area contributed by atoms with E-state index < -0.39 is 0 Å². The molecule has 0 bridgehead atoms. The van der Waals surface area contributed by atoms with Crippen molar-refractivity contribution in [1.82, 2.24) is 0 Å². The quantitative estimate of drug-likeness (QED) is 0.511. The van der Waals surface area contributed by atoms with E-state index in [9.17, 15) is 0 Å². The summed E-state index contributed by atoms with van der Waals surface area (Å²) in [7, 11) is 0. The van der Waals surface area contributed by atoms with Crippen molar-refractivity contribution in [1.29, 1.82) is 0 Å². The average Bonchev–Trinajstić information content (AvgIpc) is 2.48. The number of rotatable bonds is 8. The van der Waals surface area contributed by atoms with Gasteiger partial charge in [-0.2, -0.15) is 0 Å². The Bertz CT molecular complexity index is 556. The van der Waals surface area contributed by atoms with Gasteiger partial charge in [-0.15, -0.1) is 0 Å². The minimum absolute atomic E-state index is 1.20. The van der Waals surface area contributed by atoms with Crippen LogP contribution in [0.25, 0.3) is 10.8 Å². The Morgan fingerprint density at radius 1 is 0.545 bits per heavy atom. The van der Waals surface area contributed by atoms with Gasteiger partial charge in [0.25, 0.3) is 0 Å². The van der Waals surface area contributed by atoms with Gasteiger partial charge in [0, 0.05) is 0 Å². The van der Waals surface area contributed by atoms with Crippen LogP contribution in [0.15, 0.2) is 24.3 Å². The van der Waals surface area contributed by atoms with Crippen LogP contribution in [0.1, 0.15) is 75.6 Å².